The van der Waals surface area contributed by atoms with Gasteiger partial charge in [-0.3, -0.25) is 9.69 Å². The Morgan fingerprint density at radius 1 is 1.23 bits per heavy atom. The highest BCUT2D eigenvalue weighted by molar-refractivity contribution is 5.93. The standard InChI is InChI=1S/C20H30N4O2/c1-14-21-7-18(22-14)19(25)23-12-20(13-23)6-17(11-26-10-16-4-5-16)9-24(20)8-15-2-3-15/h7,15-17H,2-6,8-13H2,1H3,(H,21,22)/t17-/m0/s1. The van der Waals surface area contributed by atoms with Gasteiger partial charge in [0.25, 0.3) is 5.91 Å². The van der Waals surface area contributed by atoms with Gasteiger partial charge in [0, 0.05) is 32.8 Å². The van der Waals surface area contributed by atoms with Crippen LogP contribution >= 0.6 is 0 Å². The van der Waals surface area contributed by atoms with E-state index in [2.05, 4.69) is 14.9 Å². The maximum absolute atomic E-state index is 12.7. The summed E-state index contributed by atoms with van der Waals surface area (Å²) in [5.74, 6) is 3.24. The maximum Gasteiger partial charge on any atom is 0.272 e. The molecule has 1 aromatic rings. The molecular weight excluding hydrogens is 328 g/mol. The van der Waals surface area contributed by atoms with Gasteiger partial charge in [-0.1, -0.05) is 0 Å². The number of nitrogens with one attached hydrogen (secondary N) is 1. The zero-order chi connectivity index (χ0) is 17.7. The van der Waals surface area contributed by atoms with Crippen LogP contribution in [-0.4, -0.2) is 70.6 Å². The summed E-state index contributed by atoms with van der Waals surface area (Å²) in [7, 11) is 0. The monoisotopic (exact) mass is 358 g/mol. The lowest BCUT2D eigenvalue weighted by atomic mass is 9.84. The van der Waals surface area contributed by atoms with Crippen LogP contribution in [0.4, 0.5) is 0 Å². The fourth-order valence-corrected chi connectivity index (χ4v) is 4.75. The number of aromatic amines is 1. The van der Waals surface area contributed by atoms with Gasteiger partial charge in [-0.2, -0.15) is 0 Å². The number of amides is 1. The van der Waals surface area contributed by atoms with Crippen LogP contribution in [0.1, 0.15) is 48.4 Å². The number of ether oxygens (including phenoxy) is 1. The number of carbonyl (C=O) groups excluding carboxylic acids is 1. The molecule has 2 saturated heterocycles. The van der Waals surface area contributed by atoms with Crippen molar-refractivity contribution in [2.24, 2.45) is 17.8 Å². The molecule has 142 valence electrons. The van der Waals surface area contributed by atoms with Crippen LogP contribution in [-0.2, 0) is 4.74 Å². The van der Waals surface area contributed by atoms with Crippen LogP contribution in [0, 0.1) is 24.7 Å². The quantitative estimate of drug-likeness (QED) is 0.811. The van der Waals surface area contributed by atoms with Gasteiger partial charge in [-0.25, -0.2) is 4.98 Å². The molecule has 2 aliphatic heterocycles. The molecule has 26 heavy (non-hydrogen) atoms. The predicted octanol–water partition coefficient (Wildman–Crippen LogP) is 2.07. The summed E-state index contributed by atoms with van der Waals surface area (Å²) in [6, 6.07) is 0. The van der Waals surface area contributed by atoms with Gasteiger partial charge in [-0.05, 0) is 56.8 Å². The Bertz CT molecular complexity index is 673. The van der Waals surface area contributed by atoms with Crippen LogP contribution in [0.5, 0.6) is 0 Å². The van der Waals surface area contributed by atoms with Gasteiger partial charge in [0.15, 0.2) is 0 Å². The number of likely N-dealkylation sites (tertiary alicyclic amines) is 2. The summed E-state index contributed by atoms with van der Waals surface area (Å²) in [6.07, 6.45) is 8.31. The molecular formula is C20H30N4O2. The van der Waals surface area contributed by atoms with Crippen LogP contribution < -0.4 is 0 Å². The van der Waals surface area contributed by atoms with Crippen LogP contribution in [0.2, 0.25) is 0 Å². The molecule has 2 aliphatic carbocycles. The van der Waals surface area contributed by atoms with Gasteiger partial charge in [0.2, 0.25) is 0 Å². The number of aromatic nitrogens is 2. The molecule has 0 bridgehead atoms. The average molecular weight is 358 g/mol. The lowest BCUT2D eigenvalue weighted by Crippen LogP contribution is -2.69. The molecule has 2 saturated carbocycles. The van der Waals surface area contributed by atoms with E-state index in [0.29, 0.717) is 11.6 Å². The second-order valence-electron chi connectivity index (χ2n) is 9.17. The van der Waals surface area contributed by atoms with E-state index in [-0.39, 0.29) is 11.4 Å². The minimum absolute atomic E-state index is 0.0935. The van der Waals surface area contributed by atoms with E-state index >= 15 is 0 Å². The molecule has 3 heterocycles. The third kappa shape index (κ3) is 3.29. The molecule has 0 aromatic carbocycles. The van der Waals surface area contributed by atoms with Gasteiger partial charge in [-0.15, -0.1) is 0 Å². The number of H-pyrrole nitrogens is 1. The van der Waals surface area contributed by atoms with E-state index in [1.54, 1.807) is 6.20 Å². The Balaban J connectivity index is 1.20. The fraction of sp³-hybridized carbons (Fsp3) is 0.800. The second kappa shape index (κ2) is 6.34. The summed E-state index contributed by atoms with van der Waals surface area (Å²) in [4.78, 5) is 24.6. The molecule has 4 aliphatic rings. The van der Waals surface area contributed by atoms with Crippen molar-refractivity contribution in [1.82, 2.24) is 19.8 Å². The minimum Gasteiger partial charge on any atom is -0.381 e. The van der Waals surface area contributed by atoms with E-state index in [1.807, 2.05) is 11.8 Å². The highest BCUT2D eigenvalue weighted by Crippen LogP contribution is 2.44. The number of hydrogen-bond donors (Lipinski definition) is 1. The third-order valence-corrected chi connectivity index (χ3v) is 6.59. The lowest BCUT2D eigenvalue weighted by Gasteiger charge is -2.53. The maximum atomic E-state index is 12.7. The van der Waals surface area contributed by atoms with Gasteiger partial charge in [0.05, 0.1) is 18.3 Å². The van der Waals surface area contributed by atoms with Crippen molar-refractivity contribution in [3.63, 3.8) is 0 Å². The van der Waals surface area contributed by atoms with Crippen molar-refractivity contribution in [1.29, 1.82) is 0 Å². The minimum atomic E-state index is 0.0935. The normalized spacial score (nSPS) is 27.9. The zero-order valence-electron chi connectivity index (χ0n) is 15.7. The molecule has 0 unspecified atom stereocenters. The first-order valence-corrected chi connectivity index (χ1v) is 10.2. The van der Waals surface area contributed by atoms with Crippen LogP contribution in [0.25, 0.3) is 0 Å². The van der Waals surface area contributed by atoms with Crippen LogP contribution in [0.15, 0.2) is 6.20 Å². The largest absolute Gasteiger partial charge is 0.381 e. The molecule has 6 nitrogen and oxygen atoms in total. The summed E-state index contributed by atoms with van der Waals surface area (Å²) < 4.78 is 6.00. The predicted molar refractivity (Wildman–Crippen MR) is 97.9 cm³/mol. The molecule has 1 spiro atoms. The van der Waals surface area contributed by atoms with Crippen molar-refractivity contribution in [3.05, 3.63) is 17.7 Å². The van der Waals surface area contributed by atoms with E-state index in [0.717, 1.165) is 50.5 Å². The number of hydrogen-bond acceptors (Lipinski definition) is 4. The van der Waals surface area contributed by atoms with Crippen molar-refractivity contribution < 1.29 is 9.53 Å². The highest BCUT2D eigenvalue weighted by Gasteiger charge is 2.55. The van der Waals surface area contributed by atoms with Crippen molar-refractivity contribution in [2.75, 3.05) is 39.4 Å². The Hall–Kier alpha value is -1.40. The first-order valence-electron chi connectivity index (χ1n) is 10.2. The Morgan fingerprint density at radius 3 is 2.62 bits per heavy atom. The Morgan fingerprint density at radius 2 is 1.96 bits per heavy atom. The first-order chi connectivity index (χ1) is 12.6. The summed E-state index contributed by atoms with van der Waals surface area (Å²) in [5.41, 5.74) is 0.814. The first kappa shape index (κ1) is 16.8. The van der Waals surface area contributed by atoms with Crippen molar-refractivity contribution >= 4 is 5.91 Å². The number of carbonyl (C=O) groups is 1. The number of imidazole rings is 1. The number of nitrogens with zero attached hydrogens (tertiary/aromatic N) is 3. The van der Waals surface area contributed by atoms with Gasteiger partial charge in [0.1, 0.15) is 11.5 Å². The molecule has 4 fully saturated rings. The van der Waals surface area contributed by atoms with Gasteiger partial charge >= 0.3 is 0 Å². The summed E-state index contributed by atoms with van der Waals surface area (Å²) >= 11 is 0. The van der Waals surface area contributed by atoms with E-state index in [1.165, 1.54) is 38.6 Å². The SMILES string of the molecule is Cc1ncc(C(=O)N2CC3(C[C@H](COCC4CC4)CN3CC3CC3)C2)[nH]1. The average Bonchev–Trinajstić information content (AvgIpc) is 3.49. The second-order valence-corrected chi connectivity index (χ2v) is 9.17. The number of rotatable bonds is 7. The van der Waals surface area contributed by atoms with E-state index in [9.17, 15) is 4.79 Å². The molecule has 0 radical (unpaired) electrons. The summed E-state index contributed by atoms with van der Waals surface area (Å²) in [6.45, 7) is 7.81. The van der Waals surface area contributed by atoms with Gasteiger partial charge < -0.3 is 14.6 Å². The zero-order valence-corrected chi connectivity index (χ0v) is 15.7. The molecule has 1 atom stereocenters. The van der Waals surface area contributed by atoms with E-state index in [4.69, 9.17) is 4.74 Å². The molecule has 1 aromatic heterocycles. The smallest absolute Gasteiger partial charge is 0.272 e. The Kier molecular flexibility index (Phi) is 4.09. The fourth-order valence-electron chi connectivity index (χ4n) is 4.75. The number of aryl methyl sites for hydroxylation is 1. The molecule has 1 N–H and O–H groups in total. The molecule has 1 amide bonds. The van der Waals surface area contributed by atoms with Crippen molar-refractivity contribution in [3.8, 4) is 0 Å². The third-order valence-electron chi connectivity index (χ3n) is 6.59. The lowest BCUT2D eigenvalue weighted by molar-refractivity contribution is -0.0203. The summed E-state index contributed by atoms with van der Waals surface area (Å²) in [5, 5.41) is 0. The van der Waals surface area contributed by atoms with E-state index < -0.39 is 0 Å². The highest BCUT2D eigenvalue weighted by atomic mass is 16.5. The Labute approximate surface area is 155 Å². The molecule has 5 rings (SSSR count). The topological polar surface area (TPSA) is 61.5 Å². The van der Waals surface area contributed by atoms with Crippen LogP contribution in [0.3, 0.4) is 0 Å². The molecule has 6 heteroatoms. The van der Waals surface area contributed by atoms with Crippen molar-refractivity contribution in [2.45, 2.75) is 44.6 Å².